The molecule has 1 aliphatic rings. The smallest absolute Gasteiger partial charge is 0.337 e. The van der Waals surface area contributed by atoms with Crippen LogP contribution >= 0.6 is 11.6 Å². The number of hydrogen-bond donors (Lipinski definition) is 4. The number of halogens is 1. The van der Waals surface area contributed by atoms with Gasteiger partial charge >= 0.3 is 12.0 Å². The molecule has 1 aromatic carbocycles. The van der Waals surface area contributed by atoms with Crippen molar-refractivity contribution in [3.05, 3.63) is 46.9 Å². The maximum absolute atomic E-state index is 11.3. The van der Waals surface area contributed by atoms with Crippen LogP contribution in [0.3, 0.4) is 0 Å². The van der Waals surface area contributed by atoms with Crippen LogP contribution in [0.2, 0.25) is 5.02 Å². The van der Waals surface area contributed by atoms with Crippen LogP contribution in [-0.2, 0) is 16.6 Å². The van der Waals surface area contributed by atoms with Gasteiger partial charge in [0.1, 0.15) is 10.7 Å². The molecule has 0 radical (unpaired) electrons. The number of furan rings is 1. The van der Waals surface area contributed by atoms with E-state index in [2.05, 4.69) is 5.32 Å². The molecular formula is C18H23ClN4O6S. The van der Waals surface area contributed by atoms with Crippen LogP contribution in [0.4, 0.5) is 10.5 Å². The highest BCUT2D eigenvalue weighted by Crippen LogP contribution is 2.28. The van der Waals surface area contributed by atoms with Crippen molar-refractivity contribution in [2.45, 2.75) is 30.7 Å². The molecule has 0 saturated carbocycles. The van der Waals surface area contributed by atoms with Crippen molar-refractivity contribution in [2.24, 2.45) is 10.9 Å². The fraction of sp³-hybridized carbons (Fsp3) is 0.333. The Morgan fingerprint density at radius 1 is 1.23 bits per heavy atom. The highest BCUT2D eigenvalue weighted by molar-refractivity contribution is 7.89. The van der Waals surface area contributed by atoms with Gasteiger partial charge in [-0.2, -0.15) is 0 Å². The number of nitrogens with two attached hydrogens (primary N) is 2. The molecule has 1 fully saturated rings. The lowest BCUT2D eigenvalue weighted by Crippen LogP contribution is -2.39. The molecule has 6 N–H and O–H groups in total. The van der Waals surface area contributed by atoms with Gasteiger partial charge in [0, 0.05) is 13.1 Å². The Morgan fingerprint density at radius 3 is 2.37 bits per heavy atom. The van der Waals surface area contributed by atoms with Crippen molar-refractivity contribution >= 4 is 39.3 Å². The summed E-state index contributed by atoms with van der Waals surface area (Å²) >= 11 is 5.84. The first-order chi connectivity index (χ1) is 14.1. The topological polar surface area (TPSA) is 169 Å². The SMILES string of the molecule is NC(=O)N1CCCCC1.NS(=O)(=O)c1cc(C(=O)O)c(NCc2ccco2)cc1Cl. The van der Waals surface area contributed by atoms with E-state index in [1.165, 1.54) is 18.8 Å². The Morgan fingerprint density at radius 2 is 1.90 bits per heavy atom. The number of primary amides is 1. The monoisotopic (exact) mass is 458 g/mol. The van der Waals surface area contributed by atoms with Crippen LogP contribution in [0.25, 0.3) is 0 Å². The van der Waals surface area contributed by atoms with Crippen molar-refractivity contribution < 1.29 is 27.5 Å². The number of nitrogens with zero attached hydrogens (tertiary/aromatic N) is 1. The number of likely N-dealkylation sites (tertiary alicyclic amines) is 1. The molecule has 0 atom stereocenters. The predicted molar refractivity (Wildman–Crippen MR) is 111 cm³/mol. The second kappa shape index (κ2) is 10.3. The van der Waals surface area contributed by atoms with E-state index in [9.17, 15) is 18.0 Å². The lowest BCUT2D eigenvalue weighted by atomic mass is 10.1. The number of benzene rings is 1. The fourth-order valence-corrected chi connectivity index (χ4v) is 3.90. The molecule has 0 unspecified atom stereocenters. The van der Waals surface area contributed by atoms with Gasteiger partial charge < -0.3 is 25.5 Å². The first-order valence-electron chi connectivity index (χ1n) is 9.00. The summed E-state index contributed by atoms with van der Waals surface area (Å²) in [5.74, 6) is -0.725. The molecule has 1 aromatic heterocycles. The van der Waals surface area contributed by atoms with E-state index in [0.717, 1.165) is 32.0 Å². The van der Waals surface area contributed by atoms with Crippen LogP contribution in [0.15, 0.2) is 39.8 Å². The predicted octanol–water partition coefficient (Wildman–Crippen LogP) is 2.44. The Balaban J connectivity index is 0.000000297. The zero-order valence-corrected chi connectivity index (χ0v) is 17.6. The van der Waals surface area contributed by atoms with E-state index in [0.29, 0.717) is 5.76 Å². The van der Waals surface area contributed by atoms with Crippen molar-refractivity contribution in [2.75, 3.05) is 18.4 Å². The summed E-state index contributed by atoms with van der Waals surface area (Å²) in [6, 6.07) is 5.24. The number of primary sulfonamides is 1. The number of piperidine rings is 1. The number of urea groups is 1. The van der Waals surface area contributed by atoms with Gasteiger partial charge in [0.2, 0.25) is 10.0 Å². The summed E-state index contributed by atoms with van der Waals surface area (Å²) < 4.78 is 27.8. The number of amides is 2. The molecule has 2 heterocycles. The van der Waals surface area contributed by atoms with E-state index in [-0.39, 0.29) is 28.8 Å². The van der Waals surface area contributed by atoms with Crippen molar-refractivity contribution in [3.8, 4) is 0 Å². The number of sulfonamides is 1. The second-order valence-corrected chi connectivity index (χ2v) is 8.43. The molecular weight excluding hydrogens is 436 g/mol. The zero-order valence-electron chi connectivity index (χ0n) is 16.0. The minimum absolute atomic E-state index is 0.163. The fourth-order valence-electron chi connectivity index (χ4n) is 2.80. The van der Waals surface area contributed by atoms with Crippen molar-refractivity contribution in [1.82, 2.24) is 4.90 Å². The third-order valence-corrected chi connectivity index (χ3v) is 5.69. The molecule has 10 nitrogen and oxygen atoms in total. The highest BCUT2D eigenvalue weighted by atomic mass is 35.5. The molecule has 2 aromatic rings. The first kappa shape index (κ1) is 23.5. The normalized spacial score (nSPS) is 13.9. The maximum atomic E-state index is 11.3. The number of carbonyl (C=O) groups is 2. The van der Waals surface area contributed by atoms with Gasteiger partial charge in [-0.1, -0.05) is 11.6 Å². The largest absolute Gasteiger partial charge is 0.478 e. The standard InChI is InChI=1S/C12H11ClN2O5S.C6H12N2O/c13-9-5-10(15-6-7-2-1-3-20-7)8(12(16)17)4-11(9)21(14,18)19;7-6(9)8-4-2-1-3-5-8/h1-5,15H,6H2,(H,16,17)(H2,14,18,19);1-5H2,(H2,7,9). The van der Waals surface area contributed by atoms with Gasteiger partial charge in [-0.3, -0.25) is 0 Å². The Hall–Kier alpha value is -2.76. The number of carboxylic acids is 1. The summed E-state index contributed by atoms with van der Waals surface area (Å²) in [5, 5.41) is 16.8. The van der Waals surface area contributed by atoms with Gasteiger partial charge in [-0.05, 0) is 43.5 Å². The number of carboxylic acid groups (broad SMARTS) is 1. The Bertz CT molecular complexity index is 988. The molecule has 12 heteroatoms. The van der Waals surface area contributed by atoms with E-state index < -0.39 is 20.9 Å². The Labute approximate surface area is 178 Å². The average Bonchev–Trinajstić information content (AvgIpc) is 3.20. The number of hydrogen-bond acceptors (Lipinski definition) is 6. The van der Waals surface area contributed by atoms with Crippen LogP contribution in [-0.4, -0.2) is 43.5 Å². The quantitative estimate of drug-likeness (QED) is 0.533. The summed E-state index contributed by atoms with van der Waals surface area (Å²) in [4.78, 5) is 23.0. The van der Waals surface area contributed by atoms with Gasteiger partial charge in [-0.25, -0.2) is 23.1 Å². The first-order valence-corrected chi connectivity index (χ1v) is 10.9. The van der Waals surface area contributed by atoms with Gasteiger partial charge in [-0.15, -0.1) is 0 Å². The second-order valence-electron chi connectivity index (χ2n) is 6.50. The molecule has 1 aliphatic heterocycles. The van der Waals surface area contributed by atoms with Crippen LogP contribution in [0.1, 0.15) is 35.4 Å². The van der Waals surface area contributed by atoms with E-state index in [1.54, 1.807) is 17.0 Å². The van der Waals surface area contributed by atoms with Gasteiger partial charge in [0.05, 0.1) is 29.1 Å². The van der Waals surface area contributed by atoms with Crippen LogP contribution in [0.5, 0.6) is 0 Å². The third-order valence-electron chi connectivity index (χ3n) is 4.31. The van der Waals surface area contributed by atoms with Gasteiger partial charge in [0.25, 0.3) is 0 Å². The lowest BCUT2D eigenvalue weighted by Gasteiger charge is -2.24. The number of anilines is 1. The van der Waals surface area contributed by atoms with E-state index in [1.807, 2.05) is 0 Å². The Kier molecular flexibility index (Phi) is 8.09. The van der Waals surface area contributed by atoms with E-state index >= 15 is 0 Å². The van der Waals surface area contributed by atoms with Crippen molar-refractivity contribution in [3.63, 3.8) is 0 Å². The maximum Gasteiger partial charge on any atom is 0.337 e. The van der Waals surface area contributed by atoms with Gasteiger partial charge in [0.15, 0.2) is 0 Å². The molecule has 164 valence electrons. The molecule has 0 bridgehead atoms. The third kappa shape index (κ3) is 6.65. The molecule has 0 aliphatic carbocycles. The molecule has 2 amide bonds. The highest BCUT2D eigenvalue weighted by Gasteiger charge is 2.20. The molecule has 1 saturated heterocycles. The number of carbonyl (C=O) groups excluding carboxylic acids is 1. The number of rotatable bonds is 5. The zero-order chi connectivity index (χ0) is 22.3. The summed E-state index contributed by atoms with van der Waals surface area (Å²) in [6.07, 6.45) is 4.95. The lowest BCUT2D eigenvalue weighted by molar-refractivity contribution is 0.0697. The summed E-state index contributed by atoms with van der Waals surface area (Å²) in [5.41, 5.74) is 4.96. The van der Waals surface area contributed by atoms with Crippen LogP contribution in [0, 0.1) is 0 Å². The number of nitrogens with one attached hydrogen (secondary N) is 1. The molecule has 30 heavy (non-hydrogen) atoms. The average molecular weight is 459 g/mol. The summed E-state index contributed by atoms with van der Waals surface area (Å²) in [6.45, 7) is 1.93. The van der Waals surface area contributed by atoms with E-state index in [4.69, 9.17) is 32.0 Å². The summed E-state index contributed by atoms with van der Waals surface area (Å²) in [7, 11) is -4.11. The molecule has 3 rings (SSSR count). The van der Waals surface area contributed by atoms with Crippen LogP contribution < -0.4 is 16.2 Å². The van der Waals surface area contributed by atoms with Crippen molar-refractivity contribution in [1.29, 1.82) is 0 Å². The number of aromatic carboxylic acids is 1. The minimum atomic E-state index is -4.11. The minimum Gasteiger partial charge on any atom is -0.478 e. The molecule has 0 spiro atoms.